The molecular weight excluding hydrogens is 235 g/mol. The van der Waals surface area contributed by atoms with Crippen molar-refractivity contribution < 1.29 is 11.7 Å². The van der Waals surface area contributed by atoms with Crippen LogP contribution >= 0.6 is 11.2 Å². The third-order valence-electron chi connectivity index (χ3n) is 2.08. The van der Waals surface area contributed by atoms with Crippen LogP contribution in [0.1, 0.15) is 0 Å². The Kier molecular flexibility index (Phi) is 2.87. The van der Waals surface area contributed by atoms with Gasteiger partial charge in [0.05, 0.1) is 10.6 Å². The van der Waals surface area contributed by atoms with Crippen LogP contribution in [0.4, 0.5) is 11.7 Å². The molecule has 16 heavy (non-hydrogen) atoms. The maximum Gasteiger partial charge on any atom is 0.237 e. The minimum atomic E-state index is -5.12. The number of hydrogen-bond donors (Lipinski definition) is 0. The van der Waals surface area contributed by atoms with E-state index in [-0.39, 0.29) is 0 Å². The maximum atomic E-state index is 12.4. The van der Waals surface area contributed by atoms with E-state index in [0.717, 1.165) is 12.1 Å². The van der Waals surface area contributed by atoms with Crippen molar-refractivity contribution in [3.8, 4) is 11.3 Å². The largest absolute Gasteiger partial charge is 0.256 e. The van der Waals surface area contributed by atoms with E-state index in [2.05, 4.69) is 4.98 Å². The molecule has 0 saturated carbocycles. The van der Waals surface area contributed by atoms with Crippen LogP contribution in [0.2, 0.25) is 0 Å². The average Bonchev–Trinajstić information content (AvgIpc) is 2.29. The number of rotatable bonds is 2. The van der Waals surface area contributed by atoms with Crippen LogP contribution in [-0.4, -0.2) is 4.98 Å². The molecule has 2 rings (SSSR count). The number of aromatic nitrogens is 1. The lowest BCUT2D eigenvalue weighted by Gasteiger charge is -2.10. The second kappa shape index (κ2) is 4.17. The van der Waals surface area contributed by atoms with Gasteiger partial charge >= 0.3 is 0 Å². The average molecular weight is 243 g/mol. The normalized spacial score (nSPS) is 12.4. The number of pyridine rings is 1. The van der Waals surface area contributed by atoms with Gasteiger partial charge in [-0.15, -0.1) is 11.7 Å². The number of halogens is 3. The van der Waals surface area contributed by atoms with Crippen molar-refractivity contribution in [2.24, 2.45) is 0 Å². The summed E-state index contributed by atoms with van der Waals surface area (Å²) in [7, 11) is 0. The molecule has 0 spiro atoms. The summed E-state index contributed by atoms with van der Waals surface area (Å²) >= 11 is -5.12. The van der Waals surface area contributed by atoms with Crippen LogP contribution in [0.5, 0.6) is 0 Å². The SMILES string of the molecule is FS(F)(F)c1ccc(-c2ccccn2)cc1. The van der Waals surface area contributed by atoms with Gasteiger partial charge in [-0.3, -0.25) is 4.98 Å². The van der Waals surface area contributed by atoms with Crippen LogP contribution in [0.25, 0.3) is 11.3 Å². The first-order valence-corrected chi connectivity index (χ1v) is 5.84. The molecule has 0 saturated heterocycles. The first kappa shape index (κ1) is 11.0. The Labute approximate surface area is 93.2 Å². The molecule has 1 aromatic carbocycles. The second-order valence-corrected chi connectivity index (χ2v) is 4.43. The lowest BCUT2D eigenvalue weighted by Crippen LogP contribution is -1.83. The van der Waals surface area contributed by atoms with Gasteiger partial charge in [0.25, 0.3) is 0 Å². The summed E-state index contributed by atoms with van der Waals surface area (Å²) in [5, 5.41) is 0. The van der Waals surface area contributed by atoms with E-state index in [9.17, 15) is 11.7 Å². The summed E-state index contributed by atoms with van der Waals surface area (Å²) in [6.07, 6.45) is 1.61. The minimum absolute atomic E-state index is 0.563. The van der Waals surface area contributed by atoms with E-state index in [1.807, 2.05) is 0 Å². The predicted molar refractivity (Wildman–Crippen MR) is 58.9 cm³/mol. The molecular formula is C11H8F3NS. The minimum Gasteiger partial charge on any atom is -0.256 e. The highest BCUT2D eigenvalue weighted by Crippen LogP contribution is 2.60. The van der Waals surface area contributed by atoms with Gasteiger partial charge in [-0.05, 0) is 24.3 Å². The molecule has 0 unspecified atom stereocenters. The Morgan fingerprint density at radius 2 is 1.56 bits per heavy atom. The quantitative estimate of drug-likeness (QED) is 0.753. The summed E-state index contributed by atoms with van der Waals surface area (Å²) in [5.41, 5.74) is 1.36. The fourth-order valence-electron chi connectivity index (χ4n) is 1.31. The molecule has 0 amide bonds. The number of benzene rings is 1. The van der Waals surface area contributed by atoms with Crippen molar-refractivity contribution in [2.75, 3.05) is 0 Å². The third-order valence-corrected chi connectivity index (χ3v) is 2.89. The van der Waals surface area contributed by atoms with Crippen LogP contribution in [0.3, 0.4) is 0 Å². The molecule has 0 atom stereocenters. The monoisotopic (exact) mass is 243 g/mol. The Morgan fingerprint density at radius 3 is 2.06 bits per heavy atom. The molecule has 84 valence electrons. The fourth-order valence-corrected chi connectivity index (χ4v) is 1.76. The van der Waals surface area contributed by atoms with Crippen LogP contribution < -0.4 is 0 Å². The van der Waals surface area contributed by atoms with Crippen molar-refractivity contribution >= 4 is 11.2 Å². The summed E-state index contributed by atoms with van der Waals surface area (Å²) < 4.78 is 37.2. The lowest BCUT2D eigenvalue weighted by molar-refractivity contribution is 0.633. The first-order valence-electron chi connectivity index (χ1n) is 4.51. The van der Waals surface area contributed by atoms with Gasteiger partial charge < -0.3 is 0 Å². The van der Waals surface area contributed by atoms with Gasteiger partial charge in [-0.1, -0.05) is 18.2 Å². The Bertz CT molecular complexity index is 465. The highest BCUT2D eigenvalue weighted by Gasteiger charge is 2.23. The maximum absolute atomic E-state index is 12.4. The van der Waals surface area contributed by atoms with Gasteiger partial charge in [0.1, 0.15) is 0 Å². The summed E-state index contributed by atoms with van der Waals surface area (Å²) in [6.45, 7) is 0. The van der Waals surface area contributed by atoms with Gasteiger partial charge in [0, 0.05) is 11.8 Å². The van der Waals surface area contributed by atoms with E-state index in [0.29, 0.717) is 11.3 Å². The lowest BCUT2D eigenvalue weighted by atomic mass is 10.1. The first-order chi connectivity index (χ1) is 7.57. The molecule has 1 nitrogen and oxygen atoms in total. The van der Waals surface area contributed by atoms with Crippen molar-refractivity contribution in [1.29, 1.82) is 0 Å². The second-order valence-electron chi connectivity index (χ2n) is 3.15. The molecule has 0 aliphatic carbocycles. The zero-order chi connectivity index (χ0) is 11.6. The number of hydrogen-bond acceptors (Lipinski definition) is 1. The van der Waals surface area contributed by atoms with E-state index in [4.69, 9.17) is 0 Å². The standard InChI is InChI=1S/C11H8F3NS/c12-16(13,14)10-6-4-9(5-7-10)11-3-1-2-8-15-11/h1-8H. The third kappa shape index (κ3) is 2.36. The molecule has 0 fully saturated rings. The van der Waals surface area contributed by atoms with E-state index >= 15 is 0 Å². The zero-order valence-corrected chi connectivity index (χ0v) is 8.92. The predicted octanol–water partition coefficient (Wildman–Crippen LogP) is 4.57. The van der Waals surface area contributed by atoms with Crippen molar-refractivity contribution in [2.45, 2.75) is 4.90 Å². The number of nitrogens with zero attached hydrogens (tertiary/aromatic N) is 1. The Morgan fingerprint density at radius 1 is 0.875 bits per heavy atom. The summed E-state index contributed by atoms with van der Waals surface area (Å²) in [6, 6.07) is 10.4. The Balaban J connectivity index is 2.34. The van der Waals surface area contributed by atoms with Gasteiger partial charge in [-0.25, -0.2) is 0 Å². The van der Waals surface area contributed by atoms with Crippen LogP contribution in [-0.2, 0) is 0 Å². The topological polar surface area (TPSA) is 12.9 Å². The van der Waals surface area contributed by atoms with E-state index < -0.39 is 16.1 Å². The van der Waals surface area contributed by atoms with Gasteiger partial charge in [-0.2, -0.15) is 0 Å². The highest BCUT2D eigenvalue weighted by molar-refractivity contribution is 8.20. The fraction of sp³-hybridized carbons (Fsp3) is 0. The molecule has 2 aromatic rings. The Hall–Kier alpha value is -1.49. The summed E-state index contributed by atoms with van der Waals surface area (Å²) in [5.74, 6) is 0. The van der Waals surface area contributed by atoms with Crippen molar-refractivity contribution in [3.05, 3.63) is 48.7 Å². The van der Waals surface area contributed by atoms with Gasteiger partial charge in [0.2, 0.25) is 11.2 Å². The van der Waals surface area contributed by atoms with Crippen LogP contribution in [0, 0.1) is 0 Å². The van der Waals surface area contributed by atoms with Crippen molar-refractivity contribution in [3.63, 3.8) is 0 Å². The molecule has 5 heteroatoms. The van der Waals surface area contributed by atoms with E-state index in [1.54, 1.807) is 24.4 Å². The molecule has 0 radical (unpaired) electrons. The summed E-state index contributed by atoms with van der Waals surface area (Å²) in [4.78, 5) is 3.50. The highest BCUT2D eigenvalue weighted by atomic mass is 32.3. The molecule has 1 aromatic heterocycles. The smallest absolute Gasteiger partial charge is 0.237 e. The molecule has 0 aliphatic rings. The van der Waals surface area contributed by atoms with Gasteiger partial charge in [0.15, 0.2) is 0 Å². The molecule has 0 N–H and O–H groups in total. The van der Waals surface area contributed by atoms with Crippen LogP contribution in [0.15, 0.2) is 53.6 Å². The zero-order valence-electron chi connectivity index (χ0n) is 8.11. The van der Waals surface area contributed by atoms with E-state index in [1.165, 1.54) is 12.1 Å². The molecule has 1 heterocycles. The van der Waals surface area contributed by atoms with Crippen molar-refractivity contribution in [1.82, 2.24) is 4.98 Å². The molecule has 0 aliphatic heterocycles. The molecule has 0 bridgehead atoms.